The third-order valence-electron chi connectivity index (χ3n) is 3.60. The number of benzene rings is 2. The van der Waals surface area contributed by atoms with Gasteiger partial charge in [0.1, 0.15) is 0 Å². The number of nitrogens with one attached hydrogen (secondary N) is 1. The van der Waals surface area contributed by atoms with Crippen molar-refractivity contribution in [3.05, 3.63) is 58.6 Å². The maximum Gasteiger partial charge on any atom is 0.253 e. The molecule has 1 atom stereocenters. The summed E-state index contributed by atoms with van der Waals surface area (Å²) in [5.41, 5.74) is 0.801. The van der Waals surface area contributed by atoms with Crippen LogP contribution in [0.2, 0.25) is 5.02 Å². The molecule has 0 aliphatic heterocycles. The van der Waals surface area contributed by atoms with Gasteiger partial charge < -0.3 is 24.7 Å². The first-order chi connectivity index (χ1) is 12.0. The second-order valence-electron chi connectivity index (χ2n) is 5.20. The Kier molecular flexibility index (Phi) is 6.25. The molecule has 0 saturated carbocycles. The van der Waals surface area contributed by atoms with Gasteiger partial charge in [-0.1, -0.05) is 29.8 Å². The molecule has 0 aromatic heterocycles. The van der Waals surface area contributed by atoms with Crippen LogP contribution in [0.3, 0.4) is 0 Å². The molecule has 1 unspecified atom stereocenters. The van der Waals surface area contributed by atoms with Crippen LogP contribution in [0.5, 0.6) is 11.5 Å². The lowest BCUT2D eigenvalue weighted by molar-refractivity contribution is -0.306. The highest BCUT2D eigenvalue weighted by atomic mass is 35.5. The van der Waals surface area contributed by atoms with E-state index in [1.807, 2.05) is 0 Å². The maximum absolute atomic E-state index is 12.4. The van der Waals surface area contributed by atoms with Crippen LogP contribution in [0.4, 0.5) is 0 Å². The summed E-state index contributed by atoms with van der Waals surface area (Å²) in [7, 11) is 2.97. The number of ether oxygens (including phenoxy) is 2. The zero-order valence-corrected chi connectivity index (χ0v) is 14.5. The minimum absolute atomic E-state index is 0.257. The Balaban J connectivity index is 2.32. The Morgan fingerprint density at radius 1 is 1.12 bits per heavy atom. The fourth-order valence-corrected chi connectivity index (χ4v) is 2.59. The van der Waals surface area contributed by atoms with Gasteiger partial charge in [0.05, 0.1) is 30.8 Å². The summed E-state index contributed by atoms with van der Waals surface area (Å²) >= 11 is 6.02. The second-order valence-corrected chi connectivity index (χ2v) is 5.60. The summed E-state index contributed by atoms with van der Waals surface area (Å²) in [6, 6.07) is 10.6. The molecule has 0 aliphatic rings. The Morgan fingerprint density at radius 3 is 2.40 bits per heavy atom. The second kappa shape index (κ2) is 8.39. The molecular formula is C18H17ClNO5-. The molecule has 0 heterocycles. The number of aliphatic carboxylic acids is 1. The first-order valence-corrected chi connectivity index (χ1v) is 7.81. The number of hydrogen-bond donors (Lipinski definition) is 1. The van der Waals surface area contributed by atoms with Gasteiger partial charge in [0.15, 0.2) is 11.5 Å². The van der Waals surface area contributed by atoms with E-state index in [1.165, 1.54) is 14.2 Å². The van der Waals surface area contributed by atoms with Gasteiger partial charge in [0, 0.05) is 12.4 Å². The standard InChI is InChI=1S/C18H18ClNO5/c1-24-15-8-7-11(9-16(15)25-2)14(10-17(21)22)20-18(23)12-5-3-4-6-13(12)19/h3-9,14H,10H2,1-2H3,(H,20,23)(H,21,22)/p-1. The van der Waals surface area contributed by atoms with Gasteiger partial charge in [-0.2, -0.15) is 0 Å². The Hall–Kier alpha value is -2.73. The van der Waals surface area contributed by atoms with E-state index >= 15 is 0 Å². The number of carbonyl (C=O) groups is 2. The molecule has 0 radical (unpaired) electrons. The molecule has 1 amide bonds. The molecule has 0 fully saturated rings. The van der Waals surface area contributed by atoms with Crippen molar-refractivity contribution >= 4 is 23.5 Å². The van der Waals surface area contributed by atoms with Crippen LogP contribution in [0.15, 0.2) is 42.5 Å². The van der Waals surface area contributed by atoms with Gasteiger partial charge in [0.2, 0.25) is 0 Å². The summed E-state index contributed by atoms with van der Waals surface area (Å²) in [4.78, 5) is 23.5. The van der Waals surface area contributed by atoms with Crippen molar-refractivity contribution in [3.8, 4) is 11.5 Å². The van der Waals surface area contributed by atoms with Crippen LogP contribution in [0, 0.1) is 0 Å². The van der Waals surface area contributed by atoms with Crippen molar-refractivity contribution in [3.63, 3.8) is 0 Å². The average Bonchev–Trinajstić information content (AvgIpc) is 2.60. The zero-order chi connectivity index (χ0) is 18.4. The topological polar surface area (TPSA) is 87.7 Å². The number of halogens is 1. The molecule has 1 N–H and O–H groups in total. The van der Waals surface area contributed by atoms with Crippen LogP contribution in [-0.2, 0) is 4.79 Å². The third kappa shape index (κ3) is 4.64. The number of amides is 1. The molecule has 2 aromatic carbocycles. The number of carboxylic acids is 1. The molecule has 0 saturated heterocycles. The van der Waals surface area contributed by atoms with E-state index in [9.17, 15) is 14.7 Å². The monoisotopic (exact) mass is 362 g/mol. The van der Waals surface area contributed by atoms with Crippen LogP contribution in [0.1, 0.15) is 28.4 Å². The fraction of sp³-hybridized carbons (Fsp3) is 0.222. The van der Waals surface area contributed by atoms with Crippen molar-refractivity contribution in [2.45, 2.75) is 12.5 Å². The van der Waals surface area contributed by atoms with Gasteiger partial charge in [-0.05, 0) is 29.8 Å². The van der Waals surface area contributed by atoms with Gasteiger partial charge in [-0.3, -0.25) is 4.79 Å². The van der Waals surface area contributed by atoms with E-state index in [0.717, 1.165) is 0 Å². The molecule has 132 valence electrons. The third-order valence-corrected chi connectivity index (χ3v) is 3.93. The Morgan fingerprint density at radius 2 is 1.80 bits per heavy atom. The van der Waals surface area contributed by atoms with Gasteiger partial charge in [0.25, 0.3) is 5.91 Å². The van der Waals surface area contributed by atoms with Crippen LogP contribution in [-0.4, -0.2) is 26.1 Å². The van der Waals surface area contributed by atoms with Crippen molar-refractivity contribution in [1.82, 2.24) is 5.32 Å². The molecule has 0 aliphatic carbocycles. The number of carbonyl (C=O) groups excluding carboxylic acids is 2. The van der Waals surface area contributed by atoms with Crippen molar-refractivity contribution < 1.29 is 24.2 Å². The number of hydrogen-bond acceptors (Lipinski definition) is 5. The number of methoxy groups -OCH3 is 2. The van der Waals surface area contributed by atoms with E-state index < -0.39 is 24.3 Å². The lowest BCUT2D eigenvalue weighted by atomic mass is 10.0. The zero-order valence-electron chi connectivity index (χ0n) is 13.7. The number of carboxylic acid groups (broad SMARTS) is 1. The van der Waals surface area contributed by atoms with Crippen molar-refractivity contribution in [2.75, 3.05) is 14.2 Å². The molecule has 6 nitrogen and oxygen atoms in total. The first kappa shape index (κ1) is 18.6. The molecule has 7 heteroatoms. The number of rotatable bonds is 7. The Bertz CT molecular complexity index is 778. The highest BCUT2D eigenvalue weighted by Gasteiger charge is 2.19. The lowest BCUT2D eigenvalue weighted by Gasteiger charge is -2.21. The maximum atomic E-state index is 12.4. The summed E-state index contributed by atoms with van der Waals surface area (Å²) in [5.74, 6) is -0.850. The summed E-state index contributed by atoms with van der Waals surface area (Å²) < 4.78 is 10.4. The smallest absolute Gasteiger partial charge is 0.253 e. The Labute approximate surface area is 150 Å². The van der Waals surface area contributed by atoms with Crippen molar-refractivity contribution in [2.24, 2.45) is 0 Å². The molecule has 2 rings (SSSR count). The van der Waals surface area contributed by atoms with E-state index in [1.54, 1.807) is 42.5 Å². The minimum atomic E-state index is -1.29. The molecule has 0 spiro atoms. The highest BCUT2D eigenvalue weighted by Crippen LogP contribution is 2.31. The predicted molar refractivity (Wildman–Crippen MR) is 90.8 cm³/mol. The summed E-state index contributed by atoms with van der Waals surface area (Å²) in [6.07, 6.45) is -0.397. The summed E-state index contributed by atoms with van der Waals surface area (Å²) in [6.45, 7) is 0. The van der Waals surface area contributed by atoms with E-state index in [4.69, 9.17) is 21.1 Å². The quantitative estimate of drug-likeness (QED) is 0.813. The summed E-state index contributed by atoms with van der Waals surface area (Å²) in [5, 5.41) is 14.0. The van der Waals surface area contributed by atoms with Gasteiger partial charge in [-0.25, -0.2) is 0 Å². The fourth-order valence-electron chi connectivity index (χ4n) is 2.37. The molecular weight excluding hydrogens is 346 g/mol. The van der Waals surface area contributed by atoms with E-state index in [-0.39, 0.29) is 10.6 Å². The van der Waals surface area contributed by atoms with E-state index in [2.05, 4.69) is 5.32 Å². The van der Waals surface area contributed by atoms with Crippen LogP contribution in [0.25, 0.3) is 0 Å². The minimum Gasteiger partial charge on any atom is -0.550 e. The highest BCUT2D eigenvalue weighted by molar-refractivity contribution is 6.33. The van der Waals surface area contributed by atoms with Crippen LogP contribution < -0.4 is 19.9 Å². The largest absolute Gasteiger partial charge is 0.550 e. The predicted octanol–water partition coefficient (Wildman–Crippen LogP) is 1.97. The van der Waals surface area contributed by atoms with Crippen LogP contribution >= 0.6 is 11.6 Å². The molecule has 2 aromatic rings. The SMILES string of the molecule is COc1ccc(C(CC(=O)[O-])NC(=O)c2ccccc2Cl)cc1OC. The first-order valence-electron chi connectivity index (χ1n) is 7.43. The van der Waals surface area contributed by atoms with Crippen molar-refractivity contribution in [1.29, 1.82) is 0 Å². The average molecular weight is 363 g/mol. The molecule has 25 heavy (non-hydrogen) atoms. The lowest BCUT2D eigenvalue weighted by Crippen LogP contribution is -2.34. The normalized spacial score (nSPS) is 11.5. The van der Waals surface area contributed by atoms with E-state index in [0.29, 0.717) is 17.1 Å². The molecule has 0 bridgehead atoms. The van der Waals surface area contributed by atoms with Gasteiger partial charge >= 0.3 is 0 Å². The van der Waals surface area contributed by atoms with Gasteiger partial charge in [-0.15, -0.1) is 0 Å².